The minimum absolute atomic E-state index is 0.0190. The van der Waals surface area contributed by atoms with Gasteiger partial charge in [-0.15, -0.1) is 0 Å². The highest BCUT2D eigenvalue weighted by Gasteiger charge is 2.29. The van der Waals surface area contributed by atoms with Crippen LogP contribution in [-0.4, -0.2) is 73.2 Å². The van der Waals surface area contributed by atoms with Gasteiger partial charge in [-0.3, -0.25) is 9.59 Å². The van der Waals surface area contributed by atoms with Gasteiger partial charge in [0.2, 0.25) is 17.8 Å². The lowest BCUT2D eigenvalue weighted by atomic mass is 9.99. The fourth-order valence-corrected chi connectivity index (χ4v) is 3.28. The molecule has 2 N–H and O–H groups in total. The van der Waals surface area contributed by atoms with Crippen molar-refractivity contribution in [3.05, 3.63) is 41.7 Å². The van der Waals surface area contributed by atoms with Gasteiger partial charge < -0.3 is 25.0 Å². The molecule has 31 heavy (non-hydrogen) atoms. The van der Waals surface area contributed by atoms with Gasteiger partial charge >= 0.3 is 0 Å². The summed E-state index contributed by atoms with van der Waals surface area (Å²) in [6.07, 6.45) is 1.25. The molecule has 3 rings (SSSR count). The zero-order chi connectivity index (χ0) is 22.5. The van der Waals surface area contributed by atoms with Crippen LogP contribution in [0, 0.1) is 0 Å². The molecule has 2 aromatic rings. The number of benzene rings is 1. The first-order chi connectivity index (χ1) is 14.8. The van der Waals surface area contributed by atoms with Crippen LogP contribution >= 0.6 is 0 Å². The Morgan fingerprint density at radius 2 is 2.13 bits per heavy atom. The third-order valence-electron chi connectivity index (χ3n) is 4.93. The number of carbonyl (C=O) groups excluding carboxylic acids is 2. The molecule has 9 heteroatoms. The number of primary amides is 1. The van der Waals surface area contributed by atoms with Gasteiger partial charge in [-0.05, 0) is 31.5 Å². The molecule has 2 heterocycles. The smallest absolute Gasteiger partial charge is 0.248 e. The topological polar surface area (TPSA) is 111 Å². The van der Waals surface area contributed by atoms with Crippen LogP contribution in [0.4, 0.5) is 5.95 Å². The van der Waals surface area contributed by atoms with Crippen LogP contribution < -0.4 is 10.6 Å². The largest absolute Gasteiger partial charge is 0.369 e. The monoisotopic (exact) mass is 427 g/mol. The van der Waals surface area contributed by atoms with Crippen LogP contribution in [0.2, 0.25) is 0 Å². The molecule has 0 saturated carbocycles. The van der Waals surface area contributed by atoms with Gasteiger partial charge in [-0.25, -0.2) is 9.97 Å². The summed E-state index contributed by atoms with van der Waals surface area (Å²) < 4.78 is 11.5. The zero-order valence-electron chi connectivity index (χ0n) is 18.4. The maximum absolute atomic E-state index is 12.6. The minimum atomic E-state index is -0.509. The van der Waals surface area contributed by atoms with E-state index in [1.165, 1.54) is 0 Å². The third kappa shape index (κ3) is 5.56. The van der Waals surface area contributed by atoms with E-state index in [1.54, 1.807) is 34.2 Å². The molecule has 1 fully saturated rings. The molecule has 1 atom stereocenters. The van der Waals surface area contributed by atoms with Crippen molar-refractivity contribution < 1.29 is 19.1 Å². The number of amides is 2. The van der Waals surface area contributed by atoms with Gasteiger partial charge in [-0.1, -0.05) is 12.1 Å². The zero-order valence-corrected chi connectivity index (χ0v) is 18.4. The van der Waals surface area contributed by atoms with Gasteiger partial charge in [0.05, 0.1) is 24.9 Å². The first-order valence-electron chi connectivity index (χ1n) is 10.2. The maximum atomic E-state index is 12.6. The van der Waals surface area contributed by atoms with Gasteiger partial charge in [0.1, 0.15) is 12.7 Å². The molecule has 1 aliphatic heterocycles. The first kappa shape index (κ1) is 22.6. The predicted octanol–water partition coefficient (Wildman–Crippen LogP) is 1.63. The lowest BCUT2D eigenvalue weighted by Gasteiger charge is -2.33. The van der Waals surface area contributed by atoms with Crippen molar-refractivity contribution in [2.45, 2.75) is 26.1 Å². The van der Waals surface area contributed by atoms with Gasteiger partial charge in [0, 0.05) is 38.0 Å². The predicted molar refractivity (Wildman–Crippen MR) is 117 cm³/mol. The van der Waals surface area contributed by atoms with Crippen LogP contribution in [-0.2, 0) is 14.3 Å². The first-order valence-corrected chi connectivity index (χ1v) is 10.2. The molecular formula is C22H29N5O4. The Labute approximate surface area is 182 Å². The second-order valence-electron chi connectivity index (χ2n) is 7.87. The van der Waals surface area contributed by atoms with E-state index in [1.807, 2.05) is 34.0 Å². The highest BCUT2D eigenvalue weighted by Crippen LogP contribution is 2.32. The average molecular weight is 428 g/mol. The number of hydrogen-bond acceptors (Lipinski definition) is 7. The molecule has 1 aliphatic rings. The summed E-state index contributed by atoms with van der Waals surface area (Å²) in [5, 5.41) is 0. The van der Waals surface area contributed by atoms with Crippen molar-refractivity contribution in [3.8, 4) is 11.1 Å². The Morgan fingerprint density at radius 1 is 1.35 bits per heavy atom. The normalized spacial score (nSPS) is 16.4. The Morgan fingerprint density at radius 3 is 2.81 bits per heavy atom. The van der Waals surface area contributed by atoms with E-state index < -0.39 is 12.0 Å². The molecule has 0 aliphatic carbocycles. The van der Waals surface area contributed by atoms with E-state index in [0.29, 0.717) is 36.9 Å². The summed E-state index contributed by atoms with van der Waals surface area (Å²) in [6, 6.07) is 7.00. The summed E-state index contributed by atoms with van der Waals surface area (Å²) >= 11 is 0. The SMILES string of the molecule is CC(C)OCC(=O)N1CCO[C@@H](c2nc(N(C)C)ncc2-c2cccc(C(N)=O)c2)C1. The van der Waals surface area contributed by atoms with Crippen LogP contribution in [0.5, 0.6) is 0 Å². The summed E-state index contributed by atoms with van der Waals surface area (Å²) in [7, 11) is 3.71. The Bertz CT molecular complexity index is 947. The summed E-state index contributed by atoms with van der Waals surface area (Å²) in [5.41, 5.74) is 7.98. The average Bonchev–Trinajstić information content (AvgIpc) is 2.77. The molecule has 0 bridgehead atoms. The number of hydrogen-bond donors (Lipinski definition) is 1. The number of rotatable bonds is 7. The van der Waals surface area contributed by atoms with Gasteiger partial charge in [0.15, 0.2) is 0 Å². The number of morpholine rings is 1. The minimum Gasteiger partial charge on any atom is -0.369 e. The molecule has 1 aromatic heterocycles. The fourth-order valence-electron chi connectivity index (χ4n) is 3.28. The highest BCUT2D eigenvalue weighted by atomic mass is 16.5. The Balaban J connectivity index is 1.95. The quantitative estimate of drug-likeness (QED) is 0.715. The maximum Gasteiger partial charge on any atom is 0.248 e. The van der Waals surface area contributed by atoms with E-state index >= 15 is 0 Å². The van der Waals surface area contributed by atoms with Gasteiger partial charge in [-0.2, -0.15) is 0 Å². The standard InChI is InChI=1S/C22H29N5O4/c1-14(2)31-13-19(28)27-8-9-30-18(12-27)20-17(11-24-22(25-20)26(3)4)15-6-5-7-16(10-15)21(23)29/h5-7,10-11,14,18H,8-9,12-13H2,1-4H3,(H2,23,29)/t18-/m1/s1. The number of anilines is 1. The molecule has 2 amide bonds. The number of nitrogens with two attached hydrogens (primary N) is 1. The number of nitrogens with zero attached hydrogens (tertiary/aromatic N) is 4. The molecule has 9 nitrogen and oxygen atoms in total. The second-order valence-corrected chi connectivity index (χ2v) is 7.87. The lowest BCUT2D eigenvalue weighted by molar-refractivity contribution is -0.145. The van der Waals surface area contributed by atoms with Crippen molar-refractivity contribution in [1.29, 1.82) is 0 Å². The van der Waals surface area contributed by atoms with Crippen molar-refractivity contribution in [2.75, 3.05) is 45.3 Å². The van der Waals surface area contributed by atoms with Crippen LogP contribution in [0.15, 0.2) is 30.5 Å². The number of aromatic nitrogens is 2. The molecule has 1 aromatic carbocycles. The van der Waals surface area contributed by atoms with E-state index in [4.69, 9.17) is 20.2 Å². The fraction of sp³-hybridized carbons (Fsp3) is 0.455. The number of carbonyl (C=O) groups is 2. The molecule has 1 saturated heterocycles. The molecule has 166 valence electrons. The van der Waals surface area contributed by atoms with Gasteiger partial charge in [0.25, 0.3) is 0 Å². The van der Waals surface area contributed by atoms with E-state index in [-0.39, 0.29) is 18.6 Å². The molecule has 0 radical (unpaired) electrons. The highest BCUT2D eigenvalue weighted by molar-refractivity contribution is 5.94. The van der Waals surface area contributed by atoms with Crippen molar-refractivity contribution in [2.24, 2.45) is 5.73 Å². The third-order valence-corrected chi connectivity index (χ3v) is 4.93. The number of ether oxygens (including phenoxy) is 2. The van der Waals surface area contributed by atoms with E-state index in [9.17, 15) is 9.59 Å². The molecular weight excluding hydrogens is 398 g/mol. The molecule has 0 spiro atoms. The van der Waals surface area contributed by atoms with Crippen molar-refractivity contribution in [1.82, 2.24) is 14.9 Å². The van der Waals surface area contributed by atoms with E-state index in [2.05, 4.69) is 4.98 Å². The van der Waals surface area contributed by atoms with Crippen molar-refractivity contribution in [3.63, 3.8) is 0 Å². The van der Waals surface area contributed by atoms with Crippen LogP contribution in [0.3, 0.4) is 0 Å². The summed E-state index contributed by atoms with van der Waals surface area (Å²) in [5.74, 6) is -0.0637. The summed E-state index contributed by atoms with van der Waals surface area (Å²) in [4.78, 5) is 36.9. The molecule has 0 unspecified atom stereocenters. The van der Waals surface area contributed by atoms with Crippen LogP contribution in [0.1, 0.15) is 36.0 Å². The lowest BCUT2D eigenvalue weighted by Crippen LogP contribution is -2.44. The Kier molecular flexibility index (Phi) is 7.19. The second kappa shape index (κ2) is 9.84. The van der Waals surface area contributed by atoms with Crippen molar-refractivity contribution >= 4 is 17.8 Å². The Hall–Kier alpha value is -3.04. The van der Waals surface area contributed by atoms with Crippen LogP contribution in [0.25, 0.3) is 11.1 Å². The summed E-state index contributed by atoms with van der Waals surface area (Å²) in [6.45, 7) is 5.06. The van der Waals surface area contributed by atoms with E-state index in [0.717, 1.165) is 11.1 Å².